The van der Waals surface area contributed by atoms with E-state index in [2.05, 4.69) is 24.2 Å². The quantitative estimate of drug-likeness (QED) is 0.935. The maximum absolute atomic E-state index is 12.4. The molecule has 4 nitrogen and oxygen atoms in total. The number of para-hydroxylation sites is 1. The molecular formula is C19H20N2O2. The van der Waals surface area contributed by atoms with Gasteiger partial charge in [0.2, 0.25) is 5.90 Å². The summed E-state index contributed by atoms with van der Waals surface area (Å²) in [4.78, 5) is 17.0. The Morgan fingerprint density at radius 3 is 2.52 bits per heavy atom. The Morgan fingerprint density at radius 1 is 1.13 bits per heavy atom. The fraction of sp³-hybridized carbons (Fsp3) is 0.263. The topological polar surface area (TPSA) is 50.7 Å². The van der Waals surface area contributed by atoms with E-state index in [1.54, 1.807) is 12.1 Å². The van der Waals surface area contributed by atoms with Gasteiger partial charge >= 0.3 is 0 Å². The van der Waals surface area contributed by atoms with Gasteiger partial charge in [0, 0.05) is 5.56 Å². The molecule has 1 N–H and O–H groups in total. The van der Waals surface area contributed by atoms with Crippen LogP contribution in [0.25, 0.3) is 0 Å². The van der Waals surface area contributed by atoms with Gasteiger partial charge in [0.25, 0.3) is 5.91 Å². The largest absolute Gasteiger partial charge is 0.475 e. The molecule has 0 spiro atoms. The highest BCUT2D eigenvalue weighted by Gasteiger charge is 2.24. The molecule has 3 rings (SSSR count). The number of rotatable bonds is 4. The Labute approximate surface area is 136 Å². The van der Waals surface area contributed by atoms with Crippen LogP contribution in [0.1, 0.15) is 29.8 Å². The standard InChI is InChI=1S/C19H20N2O2/c1-13(2)17-12-23-19(21-17)15-10-6-7-11-16(15)20-18(22)14-8-4-3-5-9-14/h3-11,13,17H,12H2,1-2H3,(H,20,22)/t17-/m1/s1. The zero-order valence-electron chi connectivity index (χ0n) is 13.3. The van der Waals surface area contributed by atoms with E-state index in [1.807, 2.05) is 42.5 Å². The van der Waals surface area contributed by atoms with Crippen LogP contribution in [0.2, 0.25) is 0 Å². The highest BCUT2D eigenvalue weighted by atomic mass is 16.5. The van der Waals surface area contributed by atoms with Gasteiger partial charge in [-0.3, -0.25) is 4.79 Å². The number of benzene rings is 2. The molecule has 0 fully saturated rings. The van der Waals surface area contributed by atoms with Gasteiger partial charge in [-0.05, 0) is 30.2 Å². The van der Waals surface area contributed by atoms with Crippen LogP contribution in [-0.2, 0) is 4.74 Å². The molecular weight excluding hydrogens is 288 g/mol. The van der Waals surface area contributed by atoms with Crippen LogP contribution in [0.5, 0.6) is 0 Å². The molecule has 1 aliphatic heterocycles. The van der Waals surface area contributed by atoms with Gasteiger partial charge in [-0.2, -0.15) is 0 Å². The lowest BCUT2D eigenvalue weighted by Gasteiger charge is -2.10. The van der Waals surface area contributed by atoms with Gasteiger partial charge in [-0.15, -0.1) is 0 Å². The zero-order chi connectivity index (χ0) is 16.2. The average Bonchev–Trinajstić information content (AvgIpc) is 3.06. The lowest BCUT2D eigenvalue weighted by atomic mass is 10.1. The summed E-state index contributed by atoms with van der Waals surface area (Å²) < 4.78 is 5.74. The van der Waals surface area contributed by atoms with E-state index in [0.717, 1.165) is 5.56 Å². The van der Waals surface area contributed by atoms with Crippen molar-refractivity contribution in [2.75, 3.05) is 11.9 Å². The van der Waals surface area contributed by atoms with E-state index in [4.69, 9.17) is 4.74 Å². The summed E-state index contributed by atoms with van der Waals surface area (Å²) in [5.41, 5.74) is 2.15. The summed E-state index contributed by atoms with van der Waals surface area (Å²) in [6.45, 7) is 4.85. The predicted molar refractivity (Wildman–Crippen MR) is 92.0 cm³/mol. The number of hydrogen-bond acceptors (Lipinski definition) is 3. The van der Waals surface area contributed by atoms with E-state index in [-0.39, 0.29) is 11.9 Å². The Morgan fingerprint density at radius 2 is 1.83 bits per heavy atom. The minimum Gasteiger partial charge on any atom is -0.475 e. The van der Waals surface area contributed by atoms with Crippen molar-refractivity contribution in [2.24, 2.45) is 10.9 Å². The normalized spacial score (nSPS) is 16.8. The Hall–Kier alpha value is -2.62. The number of ether oxygens (including phenoxy) is 1. The van der Waals surface area contributed by atoms with E-state index in [0.29, 0.717) is 29.7 Å². The number of carbonyl (C=O) groups is 1. The molecule has 1 amide bonds. The van der Waals surface area contributed by atoms with Gasteiger partial charge < -0.3 is 10.1 Å². The first-order chi connectivity index (χ1) is 11.1. The third-order valence-corrected chi connectivity index (χ3v) is 3.89. The summed E-state index contributed by atoms with van der Waals surface area (Å²) in [5, 5.41) is 2.95. The Kier molecular flexibility index (Phi) is 4.42. The molecule has 0 aromatic heterocycles. The number of amides is 1. The molecule has 0 saturated carbocycles. The minimum absolute atomic E-state index is 0.142. The van der Waals surface area contributed by atoms with E-state index >= 15 is 0 Å². The molecule has 0 radical (unpaired) electrons. The molecule has 4 heteroatoms. The first kappa shape index (κ1) is 15.3. The highest BCUT2D eigenvalue weighted by molar-refractivity contribution is 6.09. The number of hydrogen-bond donors (Lipinski definition) is 1. The van der Waals surface area contributed by atoms with Crippen molar-refractivity contribution in [3.8, 4) is 0 Å². The van der Waals surface area contributed by atoms with E-state index in [1.165, 1.54) is 0 Å². The second kappa shape index (κ2) is 6.65. The predicted octanol–water partition coefficient (Wildman–Crippen LogP) is 3.74. The zero-order valence-corrected chi connectivity index (χ0v) is 13.3. The van der Waals surface area contributed by atoms with Crippen LogP contribution in [0.15, 0.2) is 59.6 Å². The second-order valence-electron chi connectivity index (χ2n) is 5.92. The second-order valence-corrected chi connectivity index (χ2v) is 5.92. The number of carbonyl (C=O) groups excluding carboxylic acids is 1. The third-order valence-electron chi connectivity index (χ3n) is 3.89. The van der Waals surface area contributed by atoms with Gasteiger partial charge in [-0.25, -0.2) is 4.99 Å². The molecule has 0 unspecified atom stereocenters. The number of nitrogens with one attached hydrogen (secondary N) is 1. The minimum atomic E-state index is -0.142. The van der Waals surface area contributed by atoms with Crippen molar-refractivity contribution in [3.05, 3.63) is 65.7 Å². The van der Waals surface area contributed by atoms with Crippen LogP contribution in [0.3, 0.4) is 0 Å². The van der Waals surface area contributed by atoms with Crippen LogP contribution < -0.4 is 5.32 Å². The van der Waals surface area contributed by atoms with Crippen molar-refractivity contribution >= 4 is 17.5 Å². The number of aliphatic imine (C=N–C) groups is 1. The van der Waals surface area contributed by atoms with Crippen LogP contribution >= 0.6 is 0 Å². The molecule has 1 heterocycles. The fourth-order valence-electron chi connectivity index (χ4n) is 2.44. The molecule has 0 aliphatic carbocycles. The summed E-state index contributed by atoms with van der Waals surface area (Å²) in [7, 11) is 0. The molecule has 2 aromatic rings. The Bertz CT molecular complexity index is 723. The highest BCUT2D eigenvalue weighted by Crippen LogP contribution is 2.23. The summed E-state index contributed by atoms with van der Waals surface area (Å²) in [6, 6.07) is 16.9. The van der Waals surface area contributed by atoms with Crippen LogP contribution in [0.4, 0.5) is 5.69 Å². The van der Waals surface area contributed by atoms with Crippen molar-refractivity contribution in [3.63, 3.8) is 0 Å². The summed E-state index contributed by atoms with van der Waals surface area (Å²) in [5.74, 6) is 0.892. The molecule has 0 saturated heterocycles. The molecule has 1 atom stereocenters. The van der Waals surface area contributed by atoms with Gasteiger partial charge in [0.05, 0.1) is 17.3 Å². The maximum Gasteiger partial charge on any atom is 0.255 e. The lowest BCUT2D eigenvalue weighted by Crippen LogP contribution is -2.15. The number of nitrogens with zero attached hydrogens (tertiary/aromatic N) is 1. The fourth-order valence-corrected chi connectivity index (χ4v) is 2.44. The number of anilines is 1. The van der Waals surface area contributed by atoms with Crippen molar-refractivity contribution in [2.45, 2.75) is 19.9 Å². The first-order valence-corrected chi connectivity index (χ1v) is 7.81. The van der Waals surface area contributed by atoms with Crippen molar-refractivity contribution < 1.29 is 9.53 Å². The van der Waals surface area contributed by atoms with Crippen LogP contribution in [0, 0.1) is 5.92 Å². The molecule has 23 heavy (non-hydrogen) atoms. The van der Waals surface area contributed by atoms with Crippen molar-refractivity contribution in [1.82, 2.24) is 0 Å². The van der Waals surface area contributed by atoms with Crippen LogP contribution in [-0.4, -0.2) is 24.5 Å². The molecule has 1 aliphatic rings. The molecule has 0 bridgehead atoms. The van der Waals surface area contributed by atoms with E-state index < -0.39 is 0 Å². The SMILES string of the molecule is CC(C)[C@H]1COC(c2ccccc2NC(=O)c2ccccc2)=N1. The van der Waals surface area contributed by atoms with E-state index in [9.17, 15) is 4.79 Å². The van der Waals surface area contributed by atoms with Crippen molar-refractivity contribution in [1.29, 1.82) is 0 Å². The summed E-state index contributed by atoms with van der Waals surface area (Å²) in [6.07, 6.45) is 0. The summed E-state index contributed by atoms with van der Waals surface area (Å²) >= 11 is 0. The monoisotopic (exact) mass is 308 g/mol. The smallest absolute Gasteiger partial charge is 0.255 e. The lowest BCUT2D eigenvalue weighted by molar-refractivity contribution is 0.102. The third kappa shape index (κ3) is 3.42. The molecule has 118 valence electrons. The molecule has 2 aromatic carbocycles. The van der Waals surface area contributed by atoms with Gasteiger partial charge in [0.15, 0.2) is 0 Å². The first-order valence-electron chi connectivity index (χ1n) is 7.81. The van der Waals surface area contributed by atoms with Gasteiger partial charge in [-0.1, -0.05) is 44.2 Å². The Balaban J connectivity index is 1.85. The maximum atomic E-state index is 12.4. The van der Waals surface area contributed by atoms with Gasteiger partial charge in [0.1, 0.15) is 6.61 Å². The average molecular weight is 308 g/mol.